The third kappa shape index (κ3) is 6.10. The molecular weight excluding hydrogens is 589 g/mol. The summed E-state index contributed by atoms with van der Waals surface area (Å²) < 4.78 is 0. The van der Waals surface area contributed by atoms with Crippen LogP contribution in [0.2, 0.25) is 0 Å². The van der Waals surface area contributed by atoms with E-state index >= 15 is 0 Å². The number of hydrogen-bond acceptors (Lipinski definition) is 6. The molecule has 0 amide bonds. The first kappa shape index (κ1) is 28.8. The zero-order valence-electron chi connectivity index (χ0n) is 25.8. The van der Waals surface area contributed by atoms with E-state index in [1.54, 1.807) is 12.4 Å². The molecule has 0 fully saturated rings. The van der Waals surface area contributed by atoms with Crippen LogP contribution < -0.4 is 0 Å². The highest BCUT2D eigenvalue weighted by molar-refractivity contribution is 5.76. The van der Waals surface area contributed by atoms with Crippen LogP contribution in [0.3, 0.4) is 0 Å². The number of hydrogen-bond donors (Lipinski definition) is 0. The summed E-state index contributed by atoms with van der Waals surface area (Å²) in [6.07, 6.45) is 3.56. The number of benzene rings is 5. The average Bonchev–Trinajstić information content (AvgIpc) is 3.19. The Labute approximate surface area is 278 Å². The molecule has 3 heterocycles. The zero-order valence-corrected chi connectivity index (χ0v) is 25.8. The van der Waals surface area contributed by atoms with E-state index in [4.69, 9.17) is 24.9 Å². The molecule has 0 saturated heterocycles. The van der Waals surface area contributed by atoms with Gasteiger partial charge in [0.15, 0.2) is 23.3 Å². The molecule has 226 valence electrons. The highest BCUT2D eigenvalue weighted by Gasteiger charge is 2.14. The van der Waals surface area contributed by atoms with Crippen LogP contribution in [0.25, 0.3) is 79.2 Å². The van der Waals surface area contributed by atoms with Gasteiger partial charge in [-0.15, -0.1) is 0 Å². The molecule has 0 aliphatic heterocycles. The van der Waals surface area contributed by atoms with E-state index in [0.717, 1.165) is 55.9 Å². The van der Waals surface area contributed by atoms with Gasteiger partial charge in [-0.05, 0) is 35.4 Å². The first-order valence-corrected chi connectivity index (χ1v) is 15.7. The summed E-state index contributed by atoms with van der Waals surface area (Å²) in [7, 11) is 0. The molecule has 6 heteroatoms. The van der Waals surface area contributed by atoms with Crippen LogP contribution >= 0.6 is 0 Å². The summed E-state index contributed by atoms with van der Waals surface area (Å²) in [5.74, 6) is 2.58. The van der Waals surface area contributed by atoms with E-state index in [-0.39, 0.29) is 0 Å². The summed E-state index contributed by atoms with van der Waals surface area (Å²) in [5, 5.41) is 0. The summed E-state index contributed by atoms with van der Waals surface area (Å²) in [5.41, 5.74) is 9.59. The van der Waals surface area contributed by atoms with Crippen molar-refractivity contribution in [1.82, 2.24) is 29.9 Å². The topological polar surface area (TPSA) is 77.3 Å². The maximum atomic E-state index is 4.97. The lowest BCUT2D eigenvalue weighted by molar-refractivity contribution is 1.07. The quantitative estimate of drug-likeness (QED) is 0.177. The van der Waals surface area contributed by atoms with Gasteiger partial charge in [0.25, 0.3) is 0 Å². The molecule has 0 radical (unpaired) electrons. The van der Waals surface area contributed by atoms with Crippen molar-refractivity contribution in [2.45, 2.75) is 0 Å². The normalized spacial score (nSPS) is 10.9. The van der Waals surface area contributed by atoms with Crippen LogP contribution in [0.4, 0.5) is 0 Å². The van der Waals surface area contributed by atoms with Gasteiger partial charge in [-0.2, -0.15) is 0 Å². The predicted octanol–water partition coefficient (Wildman–Crippen LogP) is 9.73. The molecule has 0 spiro atoms. The lowest BCUT2D eigenvalue weighted by Gasteiger charge is -2.11. The average molecular weight is 617 g/mol. The Kier molecular flexibility index (Phi) is 7.79. The van der Waals surface area contributed by atoms with Crippen molar-refractivity contribution in [3.63, 3.8) is 0 Å². The Morgan fingerprint density at radius 1 is 0.250 bits per heavy atom. The lowest BCUT2D eigenvalue weighted by Crippen LogP contribution is -2.00. The third-order valence-corrected chi connectivity index (χ3v) is 8.07. The summed E-state index contributed by atoms with van der Waals surface area (Å²) in [4.78, 5) is 28.7. The lowest BCUT2D eigenvalue weighted by atomic mass is 10.00. The standard InChI is InChI=1S/C42H28N6/c1-4-11-32(12-5-1)39-44-37(28-38(45-39)31-23-25-43-26-24-31)30-21-19-29(20-22-30)35-17-10-18-36(27-35)42-47-40(33-13-6-2-7-14-33)46-41(48-42)34-15-8-3-9-16-34/h1-28H. The highest BCUT2D eigenvalue weighted by Crippen LogP contribution is 2.31. The van der Waals surface area contributed by atoms with Crippen LogP contribution in [0, 0.1) is 0 Å². The van der Waals surface area contributed by atoms with Crippen molar-refractivity contribution in [2.24, 2.45) is 0 Å². The number of pyridine rings is 1. The van der Waals surface area contributed by atoms with E-state index in [2.05, 4.69) is 41.4 Å². The van der Waals surface area contributed by atoms with Crippen LogP contribution in [0.5, 0.6) is 0 Å². The Bertz CT molecular complexity index is 2190. The first-order chi connectivity index (χ1) is 23.8. The molecule has 6 nitrogen and oxygen atoms in total. The SMILES string of the molecule is c1ccc(-c2nc(-c3ccncc3)cc(-c3ccc(-c4cccc(-c5nc(-c6ccccc6)nc(-c6ccccc6)n5)c4)cc3)n2)cc1. The number of nitrogens with zero attached hydrogens (tertiary/aromatic N) is 6. The number of aromatic nitrogens is 6. The van der Waals surface area contributed by atoms with Crippen molar-refractivity contribution >= 4 is 0 Å². The molecule has 0 bridgehead atoms. The Balaban J connectivity index is 1.16. The molecule has 0 aliphatic carbocycles. The van der Waals surface area contributed by atoms with Crippen molar-refractivity contribution in [3.8, 4) is 79.2 Å². The predicted molar refractivity (Wildman–Crippen MR) is 191 cm³/mol. The summed E-state index contributed by atoms with van der Waals surface area (Å²) in [6.45, 7) is 0. The highest BCUT2D eigenvalue weighted by atomic mass is 15.0. The molecule has 8 aromatic rings. The molecule has 8 rings (SSSR count). The van der Waals surface area contributed by atoms with E-state index in [1.807, 2.05) is 121 Å². The molecular formula is C42H28N6. The fourth-order valence-corrected chi connectivity index (χ4v) is 5.59. The van der Waals surface area contributed by atoms with Gasteiger partial charge >= 0.3 is 0 Å². The third-order valence-electron chi connectivity index (χ3n) is 8.07. The smallest absolute Gasteiger partial charge is 0.164 e. The molecule has 48 heavy (non-hydrogen) atoms. The van der Waals surface area contributed by atoms with Gasteiger partial charge in [0.2, 0.25) is 0 Å². The van der Waals surface area contributed by atoms with Crippen LogP contribution in [-0.4, -0.2) is 29.9 Å². The van der Waals surface area contributed by atoms with Crippen LogP contribution in [0.1, 0.15) is 0 Å². The Hall–Kier alpha value is -6.66. The van der Waals surface area contributed by atoms with E-state index in [9.17, 15) is 0 Å². The zero-order chi connectivity index (χ0) is 32.1. The fourth-order valence-electron chi connectivity index (χ4n) is 5.59. The van der Waals surface area contributed by atoms with Gasteiger partial charge in [0.05, 0.1) is 11.4 Å². The summed E-state index contributed by atoms with van der Waals surface area (Å²) >= 11 is 0. The second-order valence-electron chi connectivity index (χ2n) is 11.3. The maximum absolute atomic E-state index is 4.97. The molecule has 0 saturated carbocycles. The van der Waals surface area contributed by atoms with Crippen LogP contribution in [-0.2, 0) is 0 Å². The monoisotopic (exact) mass is 616 g/mol. The largest absolute Gasteiger partial charge is 0.265 e. The number of rotatable bonds is 7. The van der Waals surface area contributed by atoms with Gasteiger partial charge in [0.1, 0.15) is 0 Å². The van der Waals surface area contributed by atoms with Crippen molar-refractivity contribution in [3.05, 3.63) is 170 Å². The van der Waals surface area contributed by atoms with Crippen molar-refractivity contribution in [1.29, 1.82) is 0 Å². The minimum atomic E-state index is 0.624. The summed E-state index contributed by atoms with van der Waals surface area (Å²) in [6, 6.07) is 52.9. The van der Waals surface area contributed by atoms with Gasteiger partial charge in [-0.1, -0.05) is 133 Å². The van der Waals surface area contributed by atoms with Gasteiger partial charge < -0.3 is 0 Å². The van der Waals surface area contributed by atoms with Crippen molar-refractivity contribution in [2.75, 3.05) is 0 Å². The molecule has 0 N–H and O–H groups in total. The van der Waals surface area contributed by atoms with Gasteiger partial charge in [-0.25, -0.2) is 24.9 Å². The second-order valence-corrected chi connectivity index (χ2v) is 11.3. The molecule has 0 atom stereocenters. The first-order valence-electron chi connectivity index (χ1n) is 15.7. The second kappa shape index (κ2) is 13.0. The van der Waals surface area contributed by atoms with Gasteiger partial charge in [-0.3, -0.25) is 4.98 Å². The molecule has 0 aliphatic rings. The van der Waals surface area contributed by atoms with Crippen LogP contribution in [0.15, 0.2) is 170 Å². The van der Waals surface area contributed by atoms with E-state index in [1.165, 1.54) is 0 Å². The molecule has 5 aromatic carbocycles. The molecule has 0 unspecified atom stereocenters. The van der Waals surface area contributed by atoms with Gasteiger partial charge in [0, 0.05) is 45.8 Å². The minimum absolute atomic E-state index is 0.624. The van der Waals surface area contributed by atoms with Crippen molar-refractivity contribution < 1.29 is 0 Å². The van der Waals surface area contributed by atoms with E-state index < -0.39 is 0 Å². The van der Waals surface area contributed by atoms with E-state index in [0.29, 0.717) is 23.3 Å². The Morgan fingerprint density at radius 3 is 1.17 bits per heavy atom. The Morgan fingerprint density at radius 2 is 0.646 bits per heavy atom. The fraction of sp³-hybridized carbons (Fsp3) is 0. The maximum Gasteiger partial charge on any atom is 0.164 e. The molecule has 3 aromatic heterocycles. The minimum Gasteiger partial charge on any atom is -0.265 e.